The molecule has 0 bridgehead atoms. The number of imidazole rings is 1. The molecule has 1 N–H and O–H groups in total. The van der Waals surface area contributed by atoms with Gasteiger partial charge in [-0.25, -0.2) is 4.98 Å². The Morgan fingerprint density at radius 1 is 1.03 bits per heavy atom. The third-order valence-electron chi connectivity index (χ3n) is 7.57. The van der Waals surface area contributed by atoms with Gasteiger partial charge in [0.15, 0.2) is 0 Å². The molecule has 1 aromatic carbocycles. The number of aryl methyl sites for hydroxylation is 1. The van der Waals surface area contributed by atoms with E-state index >= 15 is 0 Å². The van der Waals surface area contributed by atoms with E-state index in [9.17, 15) is 4.79 Å². The van der Waals surface area contributed by atoms with Crippen molar-refractivity contribution in [3.05, 3.63) is 46.2 Å². The summed E-state index contributed by atoms with van der Waals surface area (Å²) in [5.74, 6) is 2.18. The number of likely N-dealkylation sites (tertiary alicyclic amines) is 1. The average molecular weight is 538 g/mol. The van der Waals surface area contributed by atoms with Crippen molar-refractivity contribution in [1.82, 2.24) is 19.4 Å². The van der Waals surface area contributed by atoms with Gasteiger partial charge in [0.05, 0.1) is 11.0 Å². The summed E-state index contributed by atoms with van der Waals surface area (Å²) in [5, 5.41) is 7.87. The van der Waals surface area contributed by atoms with E-state index in [1.165, 1.54) is 37.9 Å². The maximum Gasteiger partial charge on any atom is 0.253 e. The number of anilines is 1. The van der Waals surface area contributed by atoms with Crippen LogP contribution in [0.1, 0.15) is 82.1 Å². The normalized spacial score (nSPS) is 14.6. The monoisotopic (exact) mass is 537 g/mol. The molecular weight excluding hydrogens is 490 g/mol. The first kappa shape index (κ1) is 28.6. The minimum absolute atomic E-state index is 0.141. The molecule has 1 aliphatic heterocycles. The topological polar surface area (TPSA) is 53.4 Å². The standard InChI is InChI=1S/C31H47N5OS/c1-24(2)11-18-35(19-12-25(3)4)30(37)27-9-10-28-29(21-27)36(17-8-16-34-14-6-5-7-15-34)31(33-28)32-22-26-13-20-38-23-26/h9-10,13,20-21,23-25H,5-8,11-12,14-19,22H2,1-4H3,(H,32,33). The number of nitrogens with one attached hydrogen (secondary N) is 1. The van der Waals surface area contributed by atoms with E-state index in [0.29, 0.717) is 11.8 Å². The number of carbonyl (C=O) groups excluding carboxylic acids is 1. The van der Waals surface area contributed by atoms with Gasteiger partial charge in [0.2, 0.25) is 5.95 Å². The smallest absolute Gasteiger partial charge is 0.253 e. The lowest BCUT2D eigenvalue weighted by Gasteiger charge is -2.26. The van der Waals surface area contributed by atoms with Crippen LogP contribution in [0, 0.1) is 11.8 Å². The predicted octanol–water partition coefficient (Wildman–Crippen LogP) is 7.12. The van der Waals surface area contributed by atoms with Gasteiger partial charge in [-0.1, -0.05) is 34.1 Å². The Balaban J connectivity index is 1.56. The number of rotatable bonds is 14. The lowest BCUT2D eigenvalue weighted by Crippen LogP contribution is -2.34. The number of benzene rings is 1. The maximum absolute atomic E-state index is 13.7. The molecule has 7 heteroatoms. The second-order valence-electron chi connectivity index (χ2n) is 11.7. The Hall–Kier alpha value is -2.38. The van der Waals surface area contributed by atoms with Crippen molar-refractivity contribution >= 4 is 34.2 Å². The van der Waals surface area contributed by atoms with Crippen molar-refractivity contribution in [3.63, 3.8) is 0 Å². The maximum atomic E-state index is 13.7. The van der Waals surface area contributed by atoms with Crippen molar-refractivity contribution in [2.24, 2.45) is 11.8 Å². The van der Waals surface area contributed by atoms with Crippen LogP contribution in [0.25, 0.3) is 11.0 Å². The molecule has 0 radical (unpaired) electrons. The third-order valence-corrected chi connectivity index (χ3v) is 8.30. The molecule has 208 valence electrons. The lowest BCUT2D eigenvalue weighted by atomic mass is 10.1. The highest BCUT2D eigenvalue weighted by molar-refractivity contribution is 7.07. The van der Waals surface area contributed by atoms with Gasteiger partial charge >= 0.3 is 0 Å². The Labute approximate surface area is 233 Å². The average Bonchev–Trinajstić information content (AvgIpc) is 3.55. The van der Waals surface area contributed by atoms with Crippen LogP contribution >= 0.6 is 11.3 Å². The van der Waals surface area contributed by atoms with Gasteiger partial charge in [0, 0.05) is 31.7 Å². The highest BCUT2D eigenvalue weighted by Gasteiger charge is 2.19. The summed E-state index contributed by atoms with van der Waals surface area (Å²) >= 11 is 1.72. The molecule has 0 aliphatic carbocycles. The number of hydrogen-bond acceptors (Lipinski definition) is 5. The van der Waals surface area contributed by atoms with E-state index in [2.05, 4.69) is 70.3 Å². The molecule has 6 nitrogen and oxygen atoms in total. The number of thiophene rings is 1. The van der Waals surface area contributed by atoms with Crippen LogP contribution in [0.5, 0.6) is 0 Å². The quantitative estimate of drug-likeness (QED) is 0.238. The zero-order valence-corrected chi connectivity index (χ0v) is 24.7. The minimum Gasteiger partial charge on any atom is -0.352 e. The first-order chi connectivity index (χ1) is 18.4. The molecular formula is C31H47N5OS. The molecule has 3 aromatic rings. The number of amides is 1. The molecule has 0 saturated carbocycles. The first-order valence-corrected chi connectivity index (χ1v) is 15.6. The molecule has 1 saturated heterocycles. The van der Waals surface area contributed by atoms with Crippen molar-refractivity contribution in [2.45, 2.75) is 79.3 Å². The summed E-state index contributed by atoms with van der Waals surface area (Å²) in [4.78, 5) is 23.3. The fourth-order valence-electron chi connectivity index (χ4n) is 5.15. The van der Waals surface area contributed by atoms with Gasteiger partial charge in [-0.05, 0) is 104 Å². The SMILES string of the molecule is CC(C)CCN(CCC(C)C)C(=O)c1ccc2nc(NCc3ccsc3)n(CCCN3CCCCC3)c2c1. The van der Waals surface area contributed by atoms with Crippen molar-refractivity contribution in [3.8, 4) is 0 Å². The summed E-state index contributed by atoms with van der Waals surface area (Å²) in [6.07, 6.45) is 7.12. The lowest BCUT2D eigenvalue weighted by molar-refractivity contribution is 0.0741. The van der Waals surface area contributed by atoms with Gasteiger partial charge in [-0.2, -0.15) is 11.3 Å². The molecule has 2 aromatic heterocycles. The van der Waals surface area contributed by atoms with Gasteiger partial charge in [0.25, 0.3) is 5.91 Å². The van der Waals surface area contributed by atoms with Crippen LogP contribution in [-0.2, 0) is 13.1 Å². The molecule has 1 fully saturated rings. The van der Waals surface area contributed by atoms with Crippen LogP contribution in [0.15, 0.2) is 35.0 Å². The van der Waals surface area contributed by atoms with Crippen LogP contribution in [-0.4, -0.2) is 58.0 Å². The highest BCUT2D eigenvalue weighted by Crippen LogP contribution is 2.24. The second-order valence-corrected chi connectivity index (χ2v) is 12.5. The number of fused-ring (bicyclic) bond motifs is 1. The van der Waals surface area contributed by atoms with Gasteiger partial charge in [-0.15, -0.1) is 0 Å². The molecule has 0 unspecified atom stereocenters. The van der Waals surface area contributed by atoms with Crippen LogP contribution < -0.4 is 5.32 Å². The molecule has 38 heavy (non-hydrogen) atoms. The van der Waals surface area contributed by atoms with E-state index < -0.39 is 0 Å². The summed E-state index contributed by atoms with van der Waals surface area (Å²) in [6.45, 7) is 15.7. The van der Waals surface area contributed by atoms with Crippen LogP contribution in [0.4, 0.5) is 5.95 Å². The summed E-state index contributed by atoms with van der Waals surface area (Å²) < 4.78 is 2.30. The highest BCUT2D eigenvalue weighted by atomic mass is 32.1. The molecule has 1 aliphatic rings. The first-order valence-electron chi connectivity index (χ1n) is 14.7. The molecule has 3 heterocycles. The van der Waals surface area contributed by atoms with Crippen LogP contribution in [0.2, 0.25) is 0 Å². The number of aromatic nitrogens is 2. The fourth-order valence-corrected chi connectivity index (χ4v) is 5.82. The third kappa shape index (κ3) is 8.06. The van der Waals surface area contributed by atoms with E-state index in [1.54, 1.807) is 11.3 Å². The fraction of sp³-hybridized carbons (Fsp3) is 0.613. The zero-order valence-electron chi connectivity index (χ0n) is 23.9. The Morgan fingerprint density at radius 3 is 2.42 bits per heavy atom. The Kier molecular flexibility index (Phi) is 10.6. The molecule has 0 atom stereocenters. The second kappa shape index (κ2) is 14.1. The number of hydrogen-bond donors (Lipinski definition) is 1. The number of carbonyl (C=O) groups is 1. The van der Waals surface area contributed by atoms with Crippen molar-refractivity contribution in [1.29, 1.82) is 0 Å². The predicted molar refractivity (Wildman–Crippen MR) is 161 cm³/mol. The van der Waals surface area contributed by atoms with Gasteiger partial charge < -0.3 is 19.7 Å². The molecule has 4 rings (SSSR count). The van der Waals surface area contributed by atoms with Crippen molar-refractivity contribution in [2.75, 3.05) is 38.0 Å². The minimum atomic E-state index is 0.141. The van der Waals surface area contributed by atoms with E-state index in [1.807, 2.05) is 12.1 Å². The van der Waals surface area contributed by atoms with Crippen molar-refractivity contribution < 1.29 is 4.79 Å². The van der Waals surface area contributed by atoms with E-state index in [4.69, 9.17) is 4.98 Å². The molecule has 0 spiro atoms. The molecule has 1 amide bonds. The van der Waals surface area contributed by atoms with Gasteiger partial charge in [0.1, 0.15) is 0 Å². The largest absolute Gasteiger partial charge is 0.352 e. The van der Waals surface area contributed by atoms with E-state index in [-0.39, 0.29) is 5.91 Å². The number of piperidine rings is 1. The van der Waals surface area contributed by atoms with E-state index in [0.717, 1.165) is 74.5 Å². The summed E-state index contributed by atoms with van der Waals surface area (Å²) in [7, 11) is 0. The Bertz CT molecular complexity index is 1120. The van der Waals surface area contributed by atoms with Gasteiger partial charge in [-0.3, -0.25) is 4.79 Å². The zero-order chi connectivity index (χ0) is 26.9. The Morgan fingerprint density at radius 2 is 1.76 bits per heavy atom. The summed E-state index contributed by atoms with van der Waals surface area (Å²) in [6, 6.07) is 8.23. The van der Waals surface area contributed by atoms with Crippen LogP contribution in [0.3, 0.4) is 0 Å². The number of nitrogens with zero attached hydrogens (tertiary/aromatic N) is 4. The summed E-state index contributed by atoms with van der Waals surface area (Å²) in [5.41, 5.74) is 4.04.